The molecule has 0 spiro atoms. The fraction of sp³-hybridized carbons (Fsp3) is 0.480. The molecule has 5 atom stereocenters. The minimum Gasteiger partial charge on any atom is -0.509 e. The van der Waals surface area contributed by atoms with E-state index in [1.807, 2.05) is 13.8 Å². The molecule has 0 saturated carbocycles. The smallest absolute Gasteiger partial charge is 0.327 e. The Morgan fingerprint density at radius 2 is 1.81 bits per heavy atom. The van der Waals surface area contributed by atoms with Gasteiger partial charge in [0.2, 0.25) is 11.8 Å². The summed E-state index contributed by atoms with van der Waals surface area (Å²) in [6.07, 6.45) is 0.435. The Morgan fingerprint density at radius 3 is 2.41 bits per heavy atom. The zero-order valence-corrected chi connectivity index (χ0v) is 21.7. The van der Waals surface area contributed by atoms with E-state index < -0.39 is 69.5 Å². The highest BCUT2D eigenvalue weighted by molar-refractivity contribution is 8.01. The lowest BCUT2D eigenvalue weighted by Crippen LogP contribution is -2.71. The topological polar surface area (TPSA) is 165 Å². The summed E-state index contributed by atoms with van der Waals surface area (Å²) in [5, 5.41) is 27.3. The van der Waals surface area contributed by atoms with Crippen LogP contribution < -0.4 is 16.0 Å². The van der Waals surface area contributed by atoms with E-state index in [2.05, 4.69) is 16.0 Å². The van der Waals surface area contributed by atoms with Crippen LogP contribution in [0.15, 0.2) is 41.7 Å². The van der Waals surface area contributed by atoms with Gasteiger partial charge in [0.1, 0.15) is 34.8 Å². The molecule has 198 valence electrons. The number of nitrogens with zero attached hydrogens (tertiary/aromatic N) is 1. The summed E-state index contributed by atoms with van der Waals surface area (Å²) in [5.41, 5.74) is -0.0558. The molecule has 12 heteroatoms. The number of hydrogen-bond acceptors (Lipinski definition) is 7. The third-order valence-electron chi connectivity index (χ3n) is 6.70. The van der Waals surface area contributed by atoms with Crippen LogP contribution in [0, 0.1) is 5.92 Å². The number of nitrogens with one attached hydrogen (secondary N) is 3. The van der Waals surface area contributed by atoms with Crippen LogP contribution in [-0.4, -0.2) is 73.0 Å². The van der Waals surface area contributed by atoms with Crippen molar-refractivity contribution in [3.8, 4) is 0 Å². The zero-order chi connectivity index (χ0) is 27.2. The molecule has 11 nitrogen and oxygen atoms in total. The van der Waals surface area contributed by atoms with Gasteiger partial charge < -0.3 is 31.1 Å². The zero-order valence-electron chi connectivity index (χ0n) is 20.8. The number of benzene rings is 1. The number of β-lactam (4-membered cyclic amide) rings is 1. The fourth-order valence-corrected chi connectivity index (χ4v) is 6.61. The van der Waals surface area contributed by atoms with Crippen molar-refractivity contribution >= 4 is 41.4 Å². The minimum atomic E-state index is -1.28. The van der Waals surface area contributed by atoms with Crippen LogP contribution in [0.2, 0.25) is 0 Å². The summed E-state index contributed by atoms with van der Waals surface area (Å²) < 4.78 is -0.759. The van der Waals surface area contributed by atoms with Crippen molar-refractivity contribution in [1.29, 1.82) is 0 Å². The summed E-state index contributed by atoms with van der Waals surface area (Å²) in [6, 6.07) is 4.32. The maximum Gasteiger partial charge on any atom is 0.327 e. The van der Waals surface area contributed by atoms with E-state index in [1.54, 1.807) is 44.2 Å². The molecule has 5 N–H and O–H groups in total. The van der Waals surface area contributed by atoms with Gasteiger partial charge in [0.05, 0.1) is 6.04 Å². The van der Waals surface area contributed by atoms with E-state index in [-0.39, 0.29) is 11.7 Å². The van der Waals surface area contributed by atoms with Gasteiger partial charge in [0.15, 0.2) is 0 Å². The first-order valence-corrected chi connectivity index (χ1v) is 12.8. The Kier molecular flexibility index (Phi) is 6.97. The van der Waals surface area contributed by atoms with Gasteiger partial charge in [0.25, 0.3) is 11.8 Å². The summed E-state index contributed by atoms with van der Waals surface area (Å²) >= 11 is 1.28. The molecule has 0 bridgehead atoms. The highest BCUT2D eigenvalue weighted by Crippen LogP contribution is 2.50. The number of amides is 4. The predicted molar refractivity (Wildman–Crippen MR) is 134 cm³/mol. The molecule has 0 aromatic heterocycles. The van der Waals surface area contributed by atoms with Gasteiger partial charge in [-0.2, -0.15) is 0 Å². The van der Waals surface area contributed by atoms with Gasteiger partial charge in [-0.05, 0) is 31.7 Å². The lowest BCUT2D eigenvalue weighted by molar-refractivity contribution is -0.161. The molecule has 37 heavy (non-hydrogen) atoms. The van der Waals surface area contributed by atoms with E-state index in [0.29, 0.717) is 12.0 Å². The van der Waals surface area contributed by atoms with E-state index >= 15 is 0 Å². The Bertz CT molecular complexity index is 1180. The number of aliphatic hydroxyl groups excluding tert-OH is 1. The number of aliphatic carboxylic acids is 1. The van der Waals surface area contributed by atoms with Crippen LogP contribution in [0.4, 0.5) is 0 Å². The molecule has 1 unspecified atom stereocenters. The second kappa shape index (κ2) is 9.73. The highest BCUT2D eigenvalue weighted by atomic mass is 32.2. The molecule has 2 fully saturated rings. The minimum absolute atomic E-state index is 0.149. The molecule has 4 rings (SSSR count). The maximum absolute atomic E-state index is 13.4. The SMILES string of the molecule is CC(C)CC1NC(=O)C(C(=O)N[C@@H](C(=O)N[C@@H]2C(=O)N3[C@@H]2SC(C)(C)[C@@H]3C(=O)O)c2ccccc2)=C1O. The van der Waals surface area contributed by atoms with Crippen molar-refractivity contribution in [2.45, 2.75) is 68.4 Å². The summed E-state index contributed by atoms with van der Waals surface area (Å²) in [7, 11) is 0. The van der Waals surface area contributed by atoms with Gasteiger partial charge in [-0.1, -0.05) is 44.2 Å². The van der Waals surface area contributed by atoms with Crippen LogP contribution in [0.5, 0.6) is 0 Å². The fourth-order valence-electron chi connectivity index (χ4n) is 4.98. The largest absolute Gasteiger partial charge is 0.509 e. The average molecular weight is 531 g/mol. The monoisotopic (exact) mass is 530 g/mol. The van der Waals surface area contributed by atoms with Gasteiger partial charge in [-0.25, -0.2) is 4.79 Å². The van der Waals surface area contributed by atoms with Gasteiger partial charge in [-0.15, -0.1) is 11.8 Å². The number of thioether (sulfide) groups is 1. The standard InChI is InChI=1S/C25H30N4O7S/c1-11(2)10-13-17(30)14(19(31)26-13)20(32)27-15(12-8-6-5-7-9-12)21(33)28-16-22(34)29-18(24(35)36)25(3,4)37-23(16)29/h5-9,11,13,15-16,18,23,30H,10H2,1-4H3,(H,26,31)(H,27,32)(H,28,33)(H,35,36)/t13?,15-,16-,18+,23-/m1/s1. The van der Waals surface area contributed by atoms with Crippen molar-refractivity contribution in [3.63, 3.8) is 0 Å². The molecule has 1 aromatic carbocycles. The molecule has 3 aliphatic heterocycles. The Hall–Kier alpha value is -3.54. The maximum atomic E-state index is 13.4. The molecular formula is C25H30N4O7S. The third kappa shape index (κ3) is 4.77. The number of carboxylic acid groups (broad SMARTS) is 1. The van der Waals surface area contributed by atoms with Gasteiger partial charge >= 0.3 is 5.97 Å². The van der Waals surface area contributed by atoms with Crippen LogP contribution in [0.1, 0.15) is 45.7 Å². The lowest BCUT2D eigenvalue weighted by Gasteiger charge is -2.44. The number of carbonyl (C=O) groups is 5. The van der Waals surface area contributed by atoms with Crippen LogP contribution in [0.25, 0.3) is 0 Å². The number of hydrogen-bond donors (Lipinski definition) is 5. The number of fused-ring (bicyclic) bond motifs is 1. The molecule has 2 saturated heterocycles. The van der Waals surface area contributed by atoms with Crippen molar-refractivity contribution in [1.82, 2.24) is 20.9 Å². The first kappa shape index (κ1) is 26.5. The first-order chi connectivity index (χ1) is 17.3. The highest BCUT2D eigenvalue weighted by Gasteiger charge is 2.64. The van der Waals surface area contributed by atoms with E-state index in [1.165, 1.54) is 16.7 Å². The summed E-state index contributed by atoms with van der Waals surface area (Å²) in [5.74, 6) is -4.22. The number of carboxylic acids is 1. The molecular weight excluding hydrogens is 500 g/mol. The second-order valence-corrected chi connectivity index (χ2v) is 12.1. The Morgan fingerprint density at radius 1 is 1.16 bits per heavy atom. The lowest BCUT2D eigenvalue weighted by atomic mass is 9.95. The molecule has 4 amide bonds. The normalized spacial score (nSPS) is 26.9. The number of carbonyl (C=O) groups excluding carboxylic acids is 4. The molecule has 0 radical (unpaired) electrons. The number of rotatable bonds is 8. The first-order valence-electron chi connectivity index (χ1n) is 12.0. The summed E-state index contributed by atoms with van der Waals surface area (Å²) in [6.45, 7) is 7.29. The second-order valence-electron chi connectivity index (χ2n) is 10.3. The van der Waals surface area contributed by atoms with Crippen molar-refractivity contribution in [3.05, 3.63) is 47.2 Å². The molecule has 0 aliphatic carbocycles. The third-order valence-corrected chi connectivity index (χ3v) is 8.27. The van der Waals surface area contributed by atoms with Gasteiger partial charge in [0, 0.05) is 4.75 Å². The van der Waals surface area contributed by atoms with Crippen LogP contribution in [0.3, 0.4) is 0 Å². The van der Waals surface area contributed by atoms with Crippen LogP contribution >= 0.6 is 11.8 Å². The van der Waals surface area contributed by atoms with Gasteiger partial charge in [-0.3, -0.25) is 19.2 Å². The van der Waals surface area contributed by atoms with E-state index in [9.17, 15) is 34.2 Å². The van der Waals surface area contributed by atoms with E-state index in [4.69, 9.17) is 0 Å². The van der Waals surface area contributed by atoms with Crippen molar-refractivity contribution in [2.24, 2.45) is 5.92 Å². The predicted octanol–water partition coefficient (Wildman–Crippen LogP) is 0.832. The number of aliphatic hydroxyl groups is 1. The Labute approximate surface area is 218 Å². The van der Waals surface area contributed by atoms with E-state index in [0.717, 1.165) is 0 Å². The van der Waals surface area contributed by atoms with Crippen LogP contribution in [-0.2, 0) is 24.0 Å². The Balaban J connectivity index is 1.54. The molecule has 3 heterocycles. The molecule has 3 aliphatic rings. The average Bonchev–Trinajstić information content (AvgIpc) is 3.24. The van der Waals surface area contributed by atoms with Crippen molar-refractivity contribution < 1.29 is 34.2 Å². The quantitative estimate of drug-likeness (QED) is 0.244. The van der Waals surface area contributed by atoms with Crippen molar-refractivity contribution in [2.75, 3.05) is 0 Å². The summed E-state index contributed by atoms with van der Waals surface area (Å²) in [4.78, 5) is 64.8. The molecule has 1 aromatic rings.